The van der Waals surface area contributed by atoms with Crippen molar-refractivity contribution in [3.05, 3.63) is 81.8 Å². The Kier molecular flexibility index (Phi) is 9.06. The van der Waals surface area contributed by atoms with Crippen molar-refractivity contribution in [3.8, 4) is 11.8 Å². The molecule has 2 aliphatic rings. The van der Waals surface area contributed by atoms with E-state index in [-0.39, 0.29) is 5.56 Å². The SMILES string of the molecule is CCc1ncncc1Cn1c(=O)c(C#CC2CCN(C)CC2)cc2cnc(Nc3ccc(CC4CCCNC4)cc3)nc21. The number of pyridine rings is 1. The quantitative estimate of drug-likeness (QED) is 0.316. The van der Waals surface area contributed by atoms with Gasteiger partial charge in [-0.25, -0.2) is 15.0 Å². The molecule has 2 saturated heterocycles. The number of aryl methyl sites for hydroxylation is 1. The largest absolute Gasteiger partial charge is 0.324 e. The molecule has 9 heteroatoms. The first-order valence-electron chi connectivity index (χ1n) is 15.5. The number of aromatic nitrogens is 5. The van der Waals surface area contributed by atoms with Crippen LogP contribution < -0.4 is 16.2 Å². The number of likely N-dealkylation sites (tertiary alicyclic amines) is 1. The summed E-state index contributed by atoms with van der Waals surface area (Å²) in [5.41, 5.74) is 4.90. The Morgan fingerprint density at radius 3 is 2.70 bits per heavy atom. The summed E-state index contributed by atoms with van der Waals surface area (Å²) in [5.74, 6) is 8.03. The van der Waals surface area contributed by atoms with Gasteiger partial charge in [-0.2, -0.15) is 4.98 Å². The first-order chi connectivity index (χ1) is 21.1. The number of anilines is 2. The van der Waals surface area contributed by atoms with Crippen LogP contribution in [0.25, 0.3) is 11.0 Å². The molecule has 0 radical (unpaired) electrons. The van der Waals surface area contributed by atoms with Crippen LogP contribution in [-0.2, 0) is 19.4 Å². The van der Waals surface area contributed by atoms with Gasteiger partial charge in [0.25, 0.3) is 5.56 Å². The smallest absolute Gasteiger partial charge is 0.268 e. The van der Waals surface area contributed by atoms with E-state index in [4.69, 9.17) is 4.98 Å². The minimum absolute atomic E-state index is 0.162. The second-order valence-corrected chi connectivity index (χ2v) is 11.9. The van der Waals surface area contributed by atoms with E-state index in [2.05, 4.69) is 80.6 Å². The van der Waals surface area contributed by atoms with E-state index < -0.39 is 0 Å². The number of hydrogen-bond donors (Lipinski definition) is 2. The molecule has 0 bridgehead atoms. The molecule has 6 rings (SSSR count). The third kappa shape index (κ3) is 7.10. The van der Waals surface area contributed by atoms with Crippen molar-refractivity contribution in [2.24, 2.45) is 11.8 Å². The summed E-state index contributed by atoms with van der Waals surface area (Å²) < 4.78 is 1.69. The zero-order valence-corrected chi connectivity index (χ0v) is 25.1. The van der Waals surface area contributed by atoms with Crippen LogP contribution in [0.4, 0.5) is 11.6 Å². The van der Waals surface area contributed by atoms with Crippen LogP contribution in [0, 0.1) is 23.7 Å². The van der Waals surface area contributed by atoms with Crippen LogP contribution in [0.2, 0.25) is 0 Å². The van der Waals surface area contributed by atoms with Crippen molar-refractivity contribution < 1.29 is 0 Å². The second-order valence-electron chi connectivity index (χ2n) is 11.9. The molecule has 0 saturated carbocycles. The van der Waals surface area contributed by atoms with Crippen molar-refractivity contribution >= 4 is 22.7 Å². The molecule has 43 heavy (non-hydrogen) atoms. The fourth-order valence-electron chi connectivity index (χ4n) is 6.08. The van der Waals surface area contributed by atoms with Crippen LogP contribution in [0.15, 0.2) is 53.8 Å². The molecule has 0 aliphatic carbocycles. The highest BCUT2D eigenvalue weighted by Gasteiger charge is 2.17. The van der Waals surface area contributed by atoms with E-state index >= 15 is 0 Å². The molecule has 0 spiro atoms. The first-order valence-corrected chi connectivity index (χ1v) is 15.5. The molecule has 1 atom stereocenters. The Bertz CT molecular complexity index is 1670. The lowest BCUT2D eigenvalue weighted by molar-refractivity contribution is 0.248. The Hall–Kier alpha value is -4.13. The maximum Gasteiger partial charge on any atom is 0.268 e. The molecular weight excluding hydrogens is 536 g/mol. The van der Waals surface area contributed by atoms with Gasteiger partial charge in [0.15, 0.2) is 0 Å². The number of hydrogen-bond acceptors (Lipinski definition) is 8. The van der Waals surface area contributed by atoms with Crippen molar-refractivity contribution in [2.45, 2.75) is 52.0 Å². The third-order valence-corrected chi connectivity index (χ3v) is 8.63. The predicted molar refractivity (Wildman–Crippen MR) is 170 cm³/mol. The minimum Gasteiger partial charge on any atom is -0.324 e. The normalized spacial score (nSPS) is 17.9. The van der Waals surface area contributed by atoms with Crippen molar-refractivity contribution in [2.75, 3.05) is 38.5 Å². The lowest BCUT2D eigenvalue weighted by Crippen LogP contribution is -2.30. The highest BCUT2D eigenvalue weighted by molar-refractivity contribution is 5.77. The molecule has 2 aliphatic heterocycles. The molecule has 5 heterocycles. The molecule has 2 N–H and O–H groups in total. The summed E-state index contributed by atoms with van der Waals surface area (Å²) in [6.45, 7) is 6.64. The average Bonchev–Trinajstić information content (AvgIpc) is 3.04. The minimum atomic E-state index is -0.162. The lowest BCUT2D eigenvalue weighted by Gasteiger charge is -2.25. The van der Waals surface area contributed by atoms with Gasteiger partial charge in [-0.1, -0.05) is 30.9 Å². The monoisotopic (exact) mass is 576 g/mol. The summed E-state index contributed by atoms with van der Waals surface area (Å²) in [5, 5.41) is 7.61. The van der Waals surface area contributed by atoms with Gasteiger partial charge in [-0.15, -0.1) is 0 Å². The first kappa shape index (κ1) is 29.0. The molecule has 222 valence electrons. The summed E-state index contributed by atoms with van der Waals surface area (Å²) in [7, 11) is 2.14. The van der Waals surface area contributed by atoms with E-state index in [1.54, 1.807) is 23.3 Å². The predicted octanol–water partition coefficient (Wildman–Crippen LogP) is 4.17. The third-order valence-electron chi connectivity index (χ3n) is 8.63. The Morgan fingerprint density at radius 2 is 1.93 bits per heavy atom. The summed E-state index contributed by atoms with van der Waals surface area (Å²) in [6.07, 6.45) is 11.5. The van der Waals surface area contributed by atoms with Crippen LogP contribution >= 0.6 is 0 Å². The number of nitrogens with one attached hydrogen (secondary N) is 2. The standard InChI is InChI=1S/C34H40N8O/c1-3-31-29(20-36-23-38-31)22-42-32-28(18-27(33(42)43)9-6-24-12-15-41(2)16-13-24)21-37-34(40-32)39-30-10-7-25(8-11-30)17-26-5-4-14-35-19-26/h7-8,10-11,18,20-21,23-24,26,35H,3-5,12-17,19,22H2,1-2H3,(H,37,39,40). The van der Waals surface area contributed by atoms with Gasteiger partial charge in [0.2, 0.25) is 5.95 Å². The van der Waals surface area contributed by atoms with E-state index in [9.17, 15) is 4.79 Å². The zero-order valence-electron chi connectivity index (χ0n) is 25.1. The second kappa shape index (κ2) is 13.4. The molecule has 9 nitrogen and oxygen atoms in total. The number of nitrogens with zero attached hydrogens (tertiary/aromatic N) is 6. The van der Waals surface area contributed by atoms with Crippen molar-refractivity contribution in [1.82, 2.24) is 34.7 Å². The molecule has 3 aromatic heterocycles. The number of piperidine rings is 2. The summed E-state index contributed by atoms with van der Waals surface area (Å²) >= 11 is 0. The average molecular weight is 577 g/mol. The molecule has 1 aromatic carbocycles. The highest BCUT2D eigenvalue weighted by Crippen LogP contribution is 2.22. The Morgan fingerprint density at radius 1 is 1.09 bits per heavy atom. The Balaban J connectivity index is 1.30. The number of fused-ring (bicyclic) bond motifs is 1. The Labute approximate surface area is 253 Å². The summed E-state index contributed by atoms with van der Waals surface area (Å²) in [6, 6.07) is 10.3. The van der Waals surface area contributed by atoms with E-state index in [0.717, 1.165) is 74.2 Å². The highest BCUT2D eigenvalue weighted by atomic mass is 16.1. The van der Waals surface area contributed by atoms with Gasteiger partial charge >= 0.3 is 0 Å². The fraction of sp³-hybridized carbons (Fsp3) is 0.441. The van der Waals surface area contributed by atoms with Gasteiger partial charge < -0.3 is 15.5 Å². The number of rotatable bonds is 7. The molecule has 4 aromatic rings. The van der Waals surface area contributed by atoms with Gasteiger partial charge in [-0.3, -0.25) is 9.36 Å². The van der Waals surface area contributed by atoms with Crippen LogP contribution in [0.1, 0.15) is 55.0 Å². The van der Waals surface area contributed by atoms with Gasteiger partial charge in [-0.05, 0) is 101 Å². The maximum absolute atomic E-state index is 13.9. The molecule has 1 unspecified atom stereocenters. The van der Waals surface area contributed by atoms with E-state index in [0.29, 0.717) is 35.5 Å². The van der Waals surface area contributed by atoms with Crippen molar-refractivity contribution in [1.29, 1.82) is 0 Å². The van der Waals surface area contributed by atoms with Crippen LogP contribution in [0.5, 0.6) is 0 Å². The maximum atomic E-state index is 13.9. The van der Waals surface area contributed by atoms with Gasteiger partial charge in [0, 0.05) is 40.6 Å². The van der Waals surface area contributed by atoms with Crippen LogP contribution in [0.3, 0.4) is 0 Å². The fourth-order valence-corrected chi connectivity index (χ4v) is 6.08. The molecule has 2 fully saturated rings. The van der Waals surface area contributed by atoms with Gasteiger partial charge in [0.1, 0.15) is 12.0 Å². The van der Waals surface area contributed by atoms with E-state index in [1.807, 2.05) is 6.07 Å². The van der Waals surface area contributed by atoms with Gasteiger partial charge in [0.05, 0.1) is 12.1 Å². The topological polar surface area (TPSA) is 101 Å². The number of benzene rings is 1. The summed E-state index contributed by atoms with van der Waals surface area (Å²) in [4.78, 5) is 34.3. The molecule has 0 amide bonds. The lowest BCUT2D eigenvalue weighted by atomic mass is 9.92. The van der Waals surface area contributed by atoms with Crippen LogP contribution in [-0.4, -0.2) is 62.6 Å². The van der Waals surface area contributed by atoms with Crippen molar-refractivity contribution in [3.63, 3.8) is 0 Å². The molecular formula is C34H40N8O. The van der Waals surface area contributed by atoms with E-state index in [1.165, 1.54) is 18.4 Å². The zero-order chi connectivity index (χ0) is 29.6.